The molecule has 1 amide bonds. The van der Waals surface area contributed by atoms with E-state index >= 15 is 0 Å². The summed E-state index contributed by atoms with van der Waals surface area (Å²) < 4.78 is 92.7. The van der Waals surface area contributed by atoms with Crippen molar-refractivity contribution in [1.29, 1.82) is 0 Å². The number of sulfonamides is 1. The van der Waals surface area contributed by atoms with Gasteiger partial charge in [0.15, 0.2) is 15.4 Å². The standard InChI is InChI=1S/C18H17F3N4O6S2/c1-4-32(27,28)15-8-12(25(3)10(2)26)9-22-16(15)17-23-13-7-11(5-6-14(13)31-17)24-33(29,30)18(19,20)21/h5-9,24H,4H2,1-3H3. The van der Waals surface area contributed by atoms with Crippen LogP contribution in [-0.4, -0.2) is 51.0 Å². The number of carbonyl (C=O) groups excluding carboxylic acids is 1. The number of rotatable bonds is 6. The monoisotopic (exact) mass is 506 g/mol. The van der Waals surface area contributed by atoms with E-state index in [1.54, 1.807) is 0 Å². The summed E-state index contributed by atoms with van der Waals surface area (Å²) in [5, 5.41) is 0. The molecule has 3 rings (SSSR count). The summed E-state index contributed by atoms with van der Waals surface area (Å²) in [6, 6.07) is 4.44. The first-order valence-electron chi connectivity index (χ1n) is 9.13. The number of nitrogens with zero attached hydrogens (tertiary/aromatic N) is 3. The summed E-state index contributed by atoms with van der Waals surface area (Å²) in [4.78, 5) is 20.7. The zero-order chi connectivity index (χ0) is 24.8. The average molecular weight is 506 g/mol. The van der Waals surface area contributed by atoms with Gasteiger partial charge in [0.2, 0.25) is 11.8 Å². The SMILES string of the molecule is CCS(=O)(=O)c1cc(N(C)C(C)=O)cnc1-c1nc2cc(NS(=O)(=O)C(F)(F)F)ccc2o1. The highest BCUT2D eigenvalue weighted by atomic mass is 32.2. The molecule has 0 saturated carbocycles. The Labute approximate surface area is 186 Å². The molecule has 2 aromatic heterocycles. The molecule has 0 aliphatic rings. The second kappa shape index (κ2) is 8.30. The van der Waals surface area contributed by atoms with E-state index in [0.717, 1.165) is 12.1 Å². The lowest BCUT2D eigenvalue weighted by molar-refractivity contribution is -0.116. The van der Waals surface area contributed by atoms with E-state index in [4.69, 9.17) is 4.42 Å². The maximum absolute atomic E-state index is 12.7. The summed E-state index contributed by atoms with van der Waals surface area (Å²) in [7, 11) is -8.07. The minimum Gasteiger partial charge on any atom is -0.435 e. The molecule has 178 valence electrons. The van der Waals surface area contributed by atoms with E-state index in [9.17, 15) is 34.8 Å². The predicted octanol–water partition coefficient (Wildman–Crippen LogP) is 2.93. The van der Waals surface area contributed by atoms with Crippen LogP contribution in [0.25, 0.3) is 22.7 Å². The number of amides is 1. The fraction of sp³-hybridized carbons (Fsp3) is 0.278. The number of carbonyl (C=O) groups is 1. The van der Waals surface area contributed by atoms with E-state index in [1.807, 2.05) is 0 Å². The molecule has 0 saturated heterocycles. The molecule has 3 aromatic rings. The lowest BCUT2D eigenvalue weighted by atomic mass is 10.3. The zero-order valence-electron chi connectivity index (χ0n) is 17.3. The molecule has 0 aliphatic carbocycles. The maximum atomic E-state index is 12.7. The molecule has 0 bridgehead atoms. The minimum absolute atomic E-state index is 0.0426. The first kappa shape index (κ1) is 24.4. The van der Waals surface area contributed by atoms with Crippen molar-refractivity contribution in [3.8, 4) is 11.6 Å². The Kier molecular flexibility index (Phi) is 6.14. The highest BCUT2D eigenvalue weighted by Gasteiger charge is 2.46. The Morgan fingerprint density at radius 3 is 2.42 bits per heavy atom. The summed E-state index contributed by atoms with van der Waals surface area (Å²) in [5.74, 6) is -0.914. The molecule has 1 aromatic carbocycles. The zero-order valence-corrected chi connectivity index (χ0v) is 19.0. The summed E-state index contributed by atoms with van der Waals surface area (Å²) in [6.07, 6.45) is 1.24. The van der Waals surface area contributed by atoms with E-state index in [0.29, 0.717) is 0 Å². The summed E-state index contributed by atoms with van der Waals surface area (Å²) in [6.45, 7) is 2.69. The number of nitrogens with one attached hydrogen (secondary N) is 1. The third-order valence-corrected chi connectivity index (χ3v) is 7.42. The highest BCUT2D eigenvalue weighted by molar-refractivity contribution is 7.93. The largest absolute Gasteiger partial charge is 0.516 e. The van der Waals surface area contributed by atoms with Crippen molar-refractivity contribution in [2.45, 2.75) is 24.3 Å². The van der Waals surface area contributed by atoms with Crippen LogP contribution in [0.1, 0.15) is 13.8 Å². The van der Waals surface area contributed by atoms with Crippen LogP contribution in [0, 0.1) is 0 Å². The van der Waals surface area contributed by atoms with Crippen LogP contribution in [-0.2, 0) is 24.7 Å². The number of hydrogen-bond donors (Lipinski definition) is 1. The van der Waals surface area contributed by atoms with Crippen molar-refractivity contribution in [3.63, 3.8) is 0 Å². The number of hydrogen-bond acceptors (Lipinski definition) is 8. The quantitative estimate of drug-likeness (QED) is 0.538. The Balaban J connectivity index is 2.12. The van der Waals surface area contributed by atoms with Crippen molar-refractivity contribution >= 4 is 48.2 Å². The predicted molar refractivity (Wildman–Crippen MR) is 113 cm³/mol. The van der Waals surface area contributed by atoms with Crippen LogP contribution in [0.5, 0.6) is 0 Å². The van der Waals surface area contributed by atoms with Crippen LogP contribution in [0.4, 0.5) is 24.5 Å². The third kappa shape index (κ3) is 4.78. The summed E-state index contributed by atoms with van der Waals surface area (Å²) >= 11 is 0. The van der Waals surface area contributed by atoms with Gasteiger partial charge in [-0.1, -0.05) is 6.92 Å². The Bertz CT molecular complexity index is 1450. The number of oxazole rings is 1. The average Bonchev–Trinajstić information content (AvgIpc) is 3.14. The van der Waals surface area contributed by atoms with Crippen molar-refractivity contribution in [3.05, 3.63) is 30.5 Å². The van der Waals surface area contributed by atoms with Crippen LogP contribution < -0.4 is 9.62 Å². The van der Waals surface area contributed by atoms with E-state index < -0.39 is 31.1 Å². The van der Waals surface area contributed by atoms with Crippen molar-refractivity contribution in [2.75, 3.05) is 22.4 Å². The summed E-state index contributed by atoms with van der Waals surface area (Å²) in [5.41, 5.74) is -5.90. The fourth-order valence-corrected chi connectivity index (χ4v) is 4.26. The van der Waals surface area contributed by atoms with Gasteiger partial charge in [0, 0.05) is 14.0 Å². The number of fused-ring (bicyclic) bond motifs is 1. The van der Waals surface area contributed by atoms with Gasteiger partial charge in [0.05, 0.1) is 23.3 Å². The van der Waals surface area contributed by atoms with Crippen molar-refractivity contribution in [1.82, 2.24) is 9.97 Å². The van der Waals surface area contributed by atoms with Gasteiger partial charge < -0.3 is 9.32 Å². The molecule has 0 spiro atoms. The van der Waals surface area contributed by atoms with Crippen LogP contribution in [0.15, 0.2) is 39.8 Å². The molecular formula is C18H17F3N4O6S2. The lowest BCUT2D eigenvalue weighted by Gasteiger charge is -2.16. The van der Waals surface area contributed by atoms with E-state index in [1.165, 1.54) is 48.8 Å². The molecule has 0 radical (unpaired) electrons. The fourth-order valence-electron chi connectivity index (χ4n) is 2.66. The number of aromatic nitrogens is 2. The van der Waals surface area contributed by atoms with Crippen molar-refractivity contribution in [2.24, 2.45) is 0 Å². The Hall–Kier alpha value is -3.20. The second-order valence-corrected chi connectivity index (χ2v) is 10.7. The molecule has 2 heterocycles. The molecule has 0 atom stereocenters. The smallest absolute Gasteiger partial charge is 0.435 e. The van der Waals surface area contributed by atoms with E-state index in [-0.39, 0.29) is 44.9 Å². The first-order valence-corrected chi connectivity index (χ1v) is 12.3. The van der Waals surface area contributed by atoms with Gasteiger partial charge in [-0.15, -0.1) is 0 Å². The molecule has 10 nitrogen and oxygen atoms in total. The van der Waals surface area contributed by atoms with Crippen LogP contribution >= 0.6 is 0 Å². The molecule has 0 fully saturated rings. The minimum atomic E-state index is -5.65. The molecule has 1 N–H and O–H groups in total. The van der Waals surface area contributed by atoms with Gasteiger partial charge in [-0.3, -0.25) is 9.52 Å². The number of benzene rings is 1. The van der Waals surface area contributed by atoms with Gasteiger partial charge in [0.1, 0.15) is 16.1 Å². The second-order valence-electron chi connectivity index (χ2n) is 6.77. The highest BCUT2D eigenvalue weighted by Crippen LogP contribution is 2.33. The van der Waals surface area contributed by atoms with Gasteiger partial charge >= 0.3 is 15.5 Å². The third-order valence-electron chi connectivity index (χ3n) is 4.56. The number of pyridine rings is 1. The number of sulfone groups is 1. The lowest BCUT2D eigenvalue weighted by Crippen LogP contribution is -2.29. The maximum Gasteiger partial charge on any atom is 0.516 e. The number of alkyl halides is 3. The van der Waals surface area contributed by atoms with Crippen molar-refractivity contribution < 1.29 is 39.2 Å². The van der Waals surface area contributed by atoms with Gasteiger partial charge in [0.25, 0.3) is 0 Å². The molecule has 15 heteroatoms. The van der Waals surface area contributed by atoms with Crippen LogP contribution in [0.2, 0.25) is 0 Å². The Morgan fingerprint density at radius 1 is 1.18 bits per heavy atom. The van der Waals surface area contributed by atoms with Crippen LogP contribution in [0.3, 0.4) is 0 Å². The normalized spacial score (nSPS) is 12.7. The molecule has 0 unspecified atom stereocenters. The van der Waals surface area contributed by atoms with Gasteiger partial charge in [-0.05, 0) is 24.3 Å². The molecule has 33 heavy (non-hydrogen) atoms. The Morgan fingerprint density at radius 2 is 1.85 bits per heavy atom. The first-order chi connectivity index (χ1) is 15.2. The number of halogens is 3. The topological polar surface area (TPSA) is 140 Å². The van der Waals surface area contributed by atoms with E-state index in [2.05, 4.69) is 9.97 Å². The number of anilines is 2. The van der Waals surface area contributed by atoms with Gasteiger partial charge in [-0.2, -0.15) is 21.6 Å². The molecule has 0 aliphatic heterocycles. The van der Waals surface area contributed by atoms with Gasteiger partial charge in [-0.25, -0.2) is 18.4 Å². The molecular weight excluding hydrogens is 489 g/mol.